The van der Waals surface area contributed by atoms with Crippen LogP contribution in [0.15, 0.2) is 67.0 Å². The normalized spacial score (nSPS) is 10.9. The van der Waals surface area contributed by atoms with Gasteiger partial charge in [-0.15, -0.1) is 0 Å². The molecule has 0 fully saturated rings. The molecule has 0 unspecified atom stereocenters. The summed E-state index contributed by atoms with van der Waals surface area (Å²) in [5.41, 5.74) is 3.08. The van der Waals surface area contributed by atoms with Crippen molar-refractivity contribution in [3.05, 3.63) is 72.8 Å². The van der Waals surface area contributed by atoms with Crippen LogP contribution in [-0.4, -0.2) is 28.2 Å². The van der Waals surface area contributed by atoms with Crippen molar-refractivity contribution < 1.29 is 8.78 Å². The van der Waals surface area contributed by atoms with Crippen molar-refractivity contribution in [3.63, 3.8) is 0 Å². The Balaban J connectivity index is 1.87. The van der Waals surface area contributed by atoms with Crippen LogP contribution in [0.4, 0.5) is 14.6 Å². The number of hydrogen-bond acceptors (Lipinski definition) is 4. The van der Waals surface area contributed by atoms with Gasteiger partial charge in [-0.25, -0.2) is 18.7 Å². The summed E-state index contributed by atoms with van der Waals surface area (Å²) in [5, 5.41) is 3.76. The maximum atomic E-state index is 13.6. The number of rotatable bonds is 5. The highest BCUT2D eigenvalue weighted by molar-refractivity contribution is 5.94. The Hall–Kier alpha value is -3.41. The summed E-state index contributed by atoms with van der Waals surface area (Å²) < 4.78 is 26.3. The van der Waals surface area contributed by atoms with Crippen LogP contribution in [0.2, 0.25) is 0 Å². The summed E-state index contributed by atoms with van der Waals surface area (Å²) in [6.07, 6.45) is 3.36. The molecule has 4 rings (SSSR count). The second-order valence-electron chi connectivity index (χ2n) is 6.00. The Labute approximate surface area is 154 Å². The smallest absolute Gasteiger partial charge is 0.163 e. The van der Waals surface area contributed by atoms with E-state index in [1.807, 2.05) is 36.4 Å². The topological polar surface area (TPSA) is 50.7 Å². The first-order valence-electron chi connectivity index (χ1n) is 8.52. The van der Waals surface area contributed by atoms with Gasteiger partial charge in [0, 0.05) is 29.9 Å². The summed E-state index contributed by atoms with van der Waals surface area (Å²) in [5.74, 6) is 0.747. The number of alkyl halides is 1. The highest BCUT2D eigenvalue weighted by atomic mass is 19.1. The molecule has 0 atom stereocenters. The molecule has 134 valence electrons. The van der Waals surface area contributed by atoms with Crippen molar-refractivity contribution in [1.82, 2.24) is 15.0 Å². The van der Waals surface area contributed by atoms with Crippen LogP contribution in [-0.2, 0) is 0 Å². The molecular weight excluding hydrogens is 346 g/mol. The third-order valence-electron chi connectivity index (χ3n) is 4.16. The maximum absolute atomic E-state index is 13.6. The van der Waals surface area contributed by atoms with Crippen molar-refractivity contribution in [1.29, 1.82) is 0 Å². The zero-order valence-corrected chi connectivity index (χ0v) is 14.4. The molecule has 0 bridgehead atoms. The Bertz CT molecular complexity index is 1080. The lowest BCUT2D eigenvalue weighted by atomic mass is 10.0. The second kappa shape index (κ2) is 7.45. The fourth-order valence-electron chi connectivity index (χ4n) is 2.90. The average molecular weight is 362 g/mol. The Morgan fingerprint density at radius 3 is 2.52 bits per heavy atom. The van der Waals surface area contributed by atoms with Gasteiger partial charge in [-0.1, -0.05) is 18.2 Å². The minimum atomic E-state index is -0.517. The molecule has 2 aromatic carbocycles. The third-order valence-corrected chi connectivity index (χ3v) is 4.16. The van der Waals surface area contributed by atoms with Gasteiger partial charge < -0.3 is 5.32 Å². The first-order chi connectivity index (χ1) is 13.2. The monoisotopic (exact) mass is 362 g/mol. The van der Waals surface area contributed by atoms with Crippen LogP contribution < -0.4 is 5.32 Å². The molecule has 27 heavy (non-hydrogen) atoms. The van der Waals surface area contributed by atoms with E-state index >= 15 is 0 Å². The Morgan fingerprint density at radius 1 is 0.889 bits per heavy atom. The van der Waals surface area contributed by atoms with Gasteiger partial charge in [0.25, 0.3) is 0 Å². The van der Waals surface area contributed by atoms with Gasteiger partial charge in [-0.2, -0.15) is 0 Å². The molecule has 6 heteroatoms. The molecule has 0 saturated carbocycles. The van der Waals surface area contributed by atoms with E-state index in [-0.39, 0.29) is 12.4 Å². The van der Waals surface area contributed by atoms with E-state index in [9.17, 15) is 8.78 Å². The first-order valence-corrected chi connectivity index (χ1v) is 8.52. The van der Waals surface area contributed by atoms with Gasteiger partial charge >= 0.3 is 0 Å². The maximum Gasteiger partial charge on any atom is 0.163 e. The molecule has 0 aliphatic rings. The molecule has 0 spiro atoms. The quantitative estimate of drug-likeness (QED) is 0.550. The molecule has 0 aliphatic heterocycles. The third kappa shape index (κ3) is 3.60. The Kier molecular flexibility index (Phi) is 4.70. The SMILES string of the molecule is FCCNc1nc(-c2cccnc2)nc2ccc(-c3cccc(F)c3)cc12. The van der Waals surface area contributed by atoms with Gasteiger partial charge in [-0.3, -0.25) is 4.98 Å². The van der Waals surface area contributed by atoms with Crippen LogP contribution in [0, 0.1) is 5.82 Å². The van der Waals surface area contributed by atoms with Crippen LogP contribution in [0.3, 0.4) is 0 Å². The largest absolute Gasteiger partial charge is 0.367 e. The van der Waals surface area contributed by atoms with Crippen molar-refractivity contribution in [2.75, 3.05) is 18.5 Å². The lowest BCUT2D eigenvalue weighted by Crippen LogP contribution is -2.07. The zero-order valence-electron chi connectivity index (χ0n) is 14.4. The Morgan fingerprint density at radius 2 is 1.74 bits per heavy atom. The number of anilines is 1. The van der Waals surface area contributed by atoms with Crippen molar-refractivity contribution in [3.8, 4) is 22.5 Å². The lowest BCUT2D eigenvalue weighted by Gasteiger charge is -2.11. The zero-order chi connectivity index (χ0) is 18.6. The number of halogens is 2. The summed E-state index contributed by atoms with van der Waals surface area (Å²) >= 11 is 0. The van der Waals surface area contributed by atoms with Crippen LogP contribution in [0.25, 0.3) is 33.4 Å². The number of benzene rings is 2. The number of nitrogens with zero attached hydrogens (tertiary/aromatic N) is 3. The van der Waals surface area contributed by atoms with Crippen LogP contribution in [0.5, 0.6) is 0 Å². The van der Waals surface area contributed by atoms with E-state index in [0.717, 1.165) is 22.1 Å². The van der Waals surface area contributed by atoms with Gasteiger partial charge in [0.1, 0.15) is 18.3 Å². The highest BCUT2D eigenvalue weighted by Crippen LogP contribution is 2.29. The minimum Gasteiger partial charge on any atom is -0.367 e. The van der Waals surface area contributed by atoms with Crippen molar-refractivity contribution in [2.24, 2.45) is 0 Å². The number of nitrogens with one attached hydrogen (secondary N) is 1. The molecule has 4 aromatic rings. The molecule has 0 radical (unpaired) electrons. The minimum absolute atomic E-state index is 0.142. The molecule has 0 saturated heterocycles. The van der Waals surface area contributed by atoms with E-state index < -0.39 is 6.67 Å². The van der Waals surface area contributed by atoms with Gasteiger partial charge in [0.2, 0.25) is 0 Å². The average Bonchev–Trinajstić information content (AvgIpc) is 2.72. The van der Waals surface area contributed by atoms with Crippen LogP contribution >= 0.6 is 0 Å². The van der Waals surface area contributed by atoms with Crippen molar-refractivity contribution >= 4 is 16.7 Å². The number of aromatic nitrogens is 3. The summed E-state index contributed by atoms with van der Waals surface area (Å²) in [6, 6.07) is 15.7. The van der Waals surface area contributed by atoms with Gasteiger partial charge in [-0.05, 0) is 47.5 Å². The van der Waals surface area contributed by atoms with Crippen molar-refractivity contribution in [2.45, 2.75) is 0 Å². The number of hydrogen-bond donors (Lipinski definition) is 1. The first kappa shape index (κ1) is 17.0. The fourth-order valence-corrected chi connectivity index (χ4v) is 2.90. The van der Waals surface area contributed by atoms with Crippen LogP contribution in [0.1, 0.15) is 0 Å². The number of fused-ring (bicyclic) bond motifs is 1. The lowest BCUT2D eigenvalue weighted by molar-refractivity contribution is 0.512. The molecule has 0 amide bonds. The summed E-state index contributed by atoms with van der Waals surface area (Å²) in [4.78, 5) is 13.3. The van der Waals surface area contributed by atoms with E-state index in [0.29, 0.717) is 17.2 Å². The number of pyridine rings is 1. The standard InChI is InChI=1S/C21H16F2N4/c22-8-10-25-21-18-12-15(14-3-1-5-17(23)11-14)6-7-19(18)26-20(27-21)16-4-2-9-24-13-16/h1-7,9,11-13H,8,10H2,(H,25,26,27). The van der Waals surface area contributed by atoms with E-state index in [4.69, 9.17) is 0 Å². The summed E-state index contributed by atoms with van der Waals surface area (Å²) in [7, 11) is 0. The van der Waals surface area contributed by atoms with E-state index in [1.54, 1.807) is 18.5 Å². The second-order valence-corrected chi connectivity index (χ2v) is 6.00. The molecule has 4 nitrogen and oxygen atoms in total. The van der Waals surface area contributed by atoms with E-state index in [1.165, 1.54) is 12.1 Å². The molecule has 0 aliphatic carbocycles. The summed E-state index contributed by atoms with van der Waals surface area (Å²) in [6.45, 7) is -0.375. The predicted octanol–water partition coefficient (Wildman–Crippen LogP) is 4.88. The molecule has 2 heterocycles. The van der Waals surface area contributed by atoms with Gasteiger partial charge in [0.05, 0.1) is 5.52 Å². The predicted molar refractivity (Wildman–Crippen MR) is 103 cm³/mol. The molecule has 1 N–H and O–H groups in total. The molecule has 2 aromatic heterocycles. The van der Waals surface area contributed by atoms with Gasteiger partial charge in [0.15, 0.2) is 5.82 Å². The van der Waals surface area contributed by atoms with E-state index in [2.05, 4.69) is 20.3 Å². The highest BCUT2D eigenvalue weighted by Gasteiger charge is 2.11. The fraction of sp³-hybridized carbons (Fsp3) is 0.0952. The molecular formula is C21H16F2N4.